The van der Waals surface area contributed by atoms with Gasteiger partial charge in [-0.25, -0.2) is 0 Å². The molecule has 0 aliphatic rings. The van der Waals surface area contributed by atoms with E-state index in [4.69, 9.17) is 0 Å². The molecule has 5 heteroatoms. The molecule has 0 N–H and O–H groups in total. The number of carbonyl (C=O) groups is 2. The standard InChI is InChI=1S/C14H18BrNO3/c1-10-11(6-4-7-12(10)15)14(18)16(2)9-5-8-13(17)19-3/h4,6-7H,5,8-9H2,1-3H3. The van der Waals surface area contributed by atoms with Gasteiger partial charge in [-0.05, 0) is 31.0 Å². The molecular formula is C14H18BrNO3. The van der Waals surface area contributed by atoms with Gasteiger partial charge >= 0.3 is 5.97 Å². The second-order valence-corrected chi connectivity index (χ2v) is 5.17. The van der Waals surface area contributed by atoms with E-state index in [2.05, 4.69) is 20.7 Å². The number of benzene rings is 1. The maximum atomic E-state index is 12.3. The van der Waals surface area contributed by atoms with Gasteiger partial charge in [-0.3, -0.25) is 9.59 Å². The van der Waals surface area contributed by atoms with Gasteiger partial charge in [-0.2, -0.15) is 0 Å². The number of hydrogen-bond acceptors (Lipinski definition) is 3. The van der Waals surface area contributed by atoms with Crippen molar-refractivity contribution in [1.82, 2.24) is 4.90 Å². The first-order valence-corrected chi connectivity index (χ1v) is 6.84. The van der Waals surface area contributed by atoms with Gasteiger partial charge in [-0.15, -0.1) is 0 Å². The van der Waals surface area contributed by atoms with Crippen LogP contribution in [0.4, 0.5) is 0 Å². The van der Waals surface area contributed by atoms with E-state index >= 15 is 0 Å². The summed E-state index contributed by atoms with van der Waals surface area (Å²) in [6.07, 6.45) is 0.924. The van der Waals surface area contributed by atoms with Gasteiger partial charge in [0.05, 0.1) is 7.11 Å². The number of carbonyl (C=O) groups excluding carboxylic acids is 2. The van der Waals surface area contributed by atoms with Crippen LogP contribution in [0.2, 0.25) is 0 Å². The van der Waals surface area contributed by atoms with Crippen molar-refractivity contribution in [3.8, 4) is 0 Å². The fourth-order valence-electron chi connectivity index (χ4n) is 1.71. The molecule has 4 nitrogen and oxygen atoms in total. The highest BCUT2D eigenvalue weighted by atomic mass is 79.9. The lowest BCUT2D eigenvalue weighted by Gasteiger charge is -2.18. The maximum Gasteiger partial charge on any atom is 0.305 e. The predicted molar refractivity (Wildman–Crippen MR) is 77.1 cm³/mol. The summed E-state index contributed by atoms with van der Waals surface area (Å²) in [5.74, 6) is -0.289. The van der Waals surface area contributed by atoms with E-state index in [1.807, 2.05) is 19.1 Å². The second-order valence-electron chi connectivity index (χ2n) is 4.32. The second kappa shape index (κ2) is 7.28. The van der Waals surface area contributed by atoms with E-state index in [1.54, 1.807) is 18.0 Å². The van der Waals surface area contributed by atoms with E-state index in [0.717, 1.165) is 10.0 Å². The number of rotatable bonds is 5. The third-order valence-electron chi connectivity index (χ3n) is 2.95. The first-order chi connectivity index (χ1) is 8.97. The first-order valence-electron chi connectivity index (χ1n) is 6.04. The lowest BCUT2D eigenvalue weighted by atomic mass is 10.1. The molecule has 0 radical (unpaired) electrons. The van der Waals surface area contributed by atoms with Gasteiger partial charge < -0.3 is 9.64 Å². The van der Waals surface area contributed by atoms with Crippen LogP contribution in [-0.4, -0.2) is 37.5 Å². The van der Waals surface area contributed by atoms with Crippen molar-refractivity contribution in [2.24, 2.45) is 0 Å². The average Bonchev–Trinajstić information content (AvgIpc) is 2.40. The number of halogens is 1. The van der Waals surface area contributed by atoms with Crippen LogP contribution in [-0.2, 0) is 9.53 Å². The van der Waals surface area contributed by atoms with Gasteiger partial charge in [0.1, 0.15) is 0 Å². The summed E-state index contributed by atoms with van der Waals surface area (Å²) in [4.78, 5) is 24.9. The predicted octanol–water partition coefficient (Wildman–Crippen LogP) is 2.78. The number of ether oxygens (including phenoxy) is 1. The van der Waals surface area contributed by atoms with Crippen LogP contribution in [0, 0.1) is 6.92 Å². The van der Waals surface area contributed by atoms with Crippen molar-refractivity contribution < 1.29 is 14.3 Å². The zero-order chi connectivity index (χ0) is 14.4. The Kier molecular flexibility index (Phi) is 6.02. The highest BCUT2D eigenvalue weighted by molar-refractivity contribution is 9.10. The molecule has 104 valence electrons. The number of hydrogen-bond donors (Lipinski definition) is 0. The summed E-state index contributed by atoms with van der Waals surface area (Å²) < 4.78 is 5.48. The van der Waals surface area contributed by atoms with Gasteiger partial charge in [0.2, 0.25) is 0 Å². The minimum absolute atomic E-state index is 0.0383. The summed E-state index contributed by atoms with van der Waals surface area (Å²) in [7, 11) is 3.10. The molecule has 0 saturated carbocycles. The Morgan fingerprint density at radius 1 is 1.37 bits per heavy atom. The van der Waals surface area contributed by atoms with Gasteiger partial charge in [0.25, 0.3) is 5.91 Å². The lowest BCUT2D eigenvalue weighted by Crippen LogP contribution is -2.28. The highest BCUT2D eigenvalue weighted by Gasteiger charge is 2.15. The van der Waals surface area contributed by atoms with Crippen molar-refractivity contribution >= 4 is 27.8 Å². The number of esters is 1. The number of methoxy groups -OCH3 is 1. The number of amides is 1. The van der Waals surface area contributed by atoms with E-state index < -0.39 is 0 Å². The molecule has 0 heterocycles. The molecule has 0 aliphatic carbocycles. The van der Waals surface area contributed by atoms with Crippen LogP contribution in [0.25, 0.3) is 0 Å². The zero-order valence-corrected chi connectivity index (χ0v) is 13.0. The summed E-state index contributed by atoms with van der Waals surface area (Å²) in [5, 5.41) is 0. The average molecular weight is 328 g/mol. The molecule has 0 bridgehead atoms. The Balaban J connectivity index is 2.62. The minimum Gasteiger partial charge on any atom is -0.469 e. The van der Waals surface area contributed by atoms with Crippen molar-refractivity contribution in [1.29, 1.82) is 0 Å². The van der Waals surface area contributed by atoms with Crippen molar-refractivity contribution in [2.75, 3.05) is 20.7 Å². The van der Waals surface area contributed by atoms with Crippen LogP contribution in [0.1, 0.15) is 28.8 Å². The van der Waals surface area contributed by atoms with Crippen molar-refractivity contribution in [3.05, 3.63) is 33.8 Å². The Hall–Kier alpha value is -1.36. The SMILES string of the molecule is COC(=O)CCCN(C)C(=O)c1cccc(Br)c1C. The first kappa shape index (κ1) is 15.7. The zero-order valence-electron chi connectivity index (χ0n) is 11.4. The molecule has 1 aromatic rings. The van der Waals surface area contributed by atoms with Gasteiger partial charge in [0.15, 0.2) is 0 Å². The maximum absolute atomic E-state index is 12.3. The Bertz CT molecular complexity index is 474. The molecule has 0 atom stereocenters. The van der Waals surface area contributed by atoms with Crippen molar-refractivity contribution in [3.63, 3.8) is 0 Å². The molecule has 0 fully saturated rings. The monoisotopic (exact) mass is 327 g/mol. The third-order valence-corrected chi connectivity index (χ3v) is 3.81. The van der Waals surface area contributed by atoms with Crippen LogP contribution < -0.4 is 0 Å². The molecule has 1 rings (SSSR count). The molecule has 1 amide bonds. The van der Waals surface area contributed by atoms with Crippen LogP contribution >= 0.6 is 15.9 Å². The highest BCUT2D eigenvalue weighted by Crippen LogP contribution is 2.20. The molecule has 19 heavy (non-hydrogen) atoms. The largest absolute Gasteiger partial charge is 0.469 e. The fraction of sp³-hybridized carbons (Fsp3) is 0.429. The van der Waals surface area contributed by atoms with Gasteiger partial charge in [0, 0.05) is 30.0 Å². The van der Waals surface area contributed by atoms with E-state index in [9.17, 15) is 9.59 Å². The summed E-state index contributed by atoms with van der Waals surface area (Å²) in [6.45, 7) is 2.43. The summed E-state index contributed by atoms with van der Waals surface area (Å²) in [5.41, 5.74) is 1.60. The van der Waals surface area contributed by atoms with Crippen LogP contribution in [0.3, 0.4) is 0 Å². The molecular weight excluding hydrogens is 310 g/mol. The molecule has 0 spiro atoms. The topological polar surface area (TPSA) is 46.6 Å². The Morgan fingerprint density at radius 3 is 2.68 bits per heavy atom. The minimum atomic E-state index is -0.250. The molecule has 0 aliphatic heterocycles. The fourth-order valence-corrected chi connectivity index (χ4v) is 2.08. The lowest BCUT2D eigenvalue weighted by molar-refractivity contribution is -0.140. The Morgan fingerprint density at radius 2 is 2.05 bits per heavy atom. The molecule has 1 aromatic carbocycles. The molecule has 0 unspecified atom stereocenters. The Labute approximate surface area is 121 Å². The van der Waals surface area contributed by atoms with E-state index in [1.165, 1.54) is 7.11 Å². The van der Waals surface area contributed by atoms with E-state index in [-0.39, 0.29) is 11.9 Å². The number of nitrogens with zero attached hydrogens (tertiary/aromatic N) is 1. The van der Waals surface area contributed by atoms with E-state index in [0.29, 0.717) is 24.9 Å². The van der Waals surface area contributed by atoms with Crippen LogP contribution in [0.5, 0.6) is 0 Å². The summed E-state index contributed by atoms with van der Waals surface area (Å²) in [6, 6.07) is 5.55. The van der Waals surface area contributed by atoms with Crippen molar-refractivity contribution in [2.45, 2.75) is 19.8 Å². The normalized spacial score (nSPS) is 10.1. The molecule has 0 aromatic heterocycles. The summed E-state index contributed by atoms with van der Waals surface area (Å²) >= 11 is 3.41. The third kappa shape index (κ3) is 4.35. The molecule has 0 saturated heterocycles. The van der Waals surface area contributed by atoms with Gasteiger partial charge in [-0.1, -0.05) is 22.0 Å². The smallest absolute Gasteiger partial charge is 0.305 e. The van der Waals surface area contributed by atoms with Crippen LogP contribution in [0.15, 0.2) is 22.7 Å². The quantitative estimate of drug-likeness (QED) is 0.781.